The molecule has 5 nitrogen and oxygen atoms in total. The van der Waals surface area contributed by atoms with E-state index in [1.165, 1.54) is 19.2 Å². The van der Waals surface area contributed by atoms with Crippen LogP contribution < -0.4 is 5.32 Å². The number of halogens is 1. The van der Waals surface area contributed by atoms with Crippen LogP contribution in [0.15, 0.2) is 54.6 Å². The maximum atomic E-state index is 13.3. The predicted molar refractivity (Wildman–Crippen MR) is 89.3 cm³/mol. The van der Waals surface area contributed by atoms with Crippen LogP contribution in [0.5, 0.6) is 0 Å². The van der Waals surface area contributed by atoms with Crippen molar-refractivity contribution >= 4 is 17.6 Å². The Morgan fingerprint density at radius 2 is 1.88 bits per heavy atom. The van der Waals surface area contributed by atoms with Crippen molar-refractivity contribution in [3.8, 4) is 0 Å². The molecule has 0 saturated carbocycles. The Bertz CT molecular complexity index is 763. The van der Waals surface area contributed by atoms with Gasteiger partial charge < -0.3 is 14.8 Å². The first kappa shape index (κ1) is 17.0. The summed E-state index contributed by atoms with van der Waals surface area (Å²) in [5, 5.41) is 3.23. The number of nitrogens with one attached hydrogen (secondary N) is 1. The molecular weight excluding hydrogens is 325 g/mol. The lowest BCUT2D eigenvalue weighted by molar-refractivity contribution is -0.174. The van der Waals surface area contributed by atoms with Crippen molar-refractivity contribution in [2.24, 2.45) is 0 Å². The number of benzene rings is 2. The molecule has 0 aromatic heterocycles. The molecule has 1 aliphatic heterocycles. The van der Waals surface area contributed by atoms with Crippen LogP contribution in [0, 0.1) is 5.82 Å². The molecular formula is C19H18FNO4. The molecule has 0 radical (unpaired) electrons. The molecule has 0 bridgehead atoms. The first-order valence-corrected chi connectivity index (χ1v) is 7.92. The van der Waals surface area contributed by atoms with E-state index in [4.69, 9.17) is 9.47 Å². The van der Waals surface area contributed by atoms with Crippen molar-refractivity contribution in [3.63, 3.8) is 0 Å². The summed E-state index contributed by atoms with van der Waals surface area (Å²) in [6.45, 7) is 0. The standard InChI is InChI=1S/C19H18FNO4/c1-24-18(23)19(12-11-16(22)25-19)17(13-7-9-14(20)10-8-13)21-15-5-3-2-4-6-15/h2-10,17,21H,11-12H2,1H3/t17-,19-/m0/s1. The van der Waals surface area contributed by atoms with Gasteiger partial charge in [0.25, 0.3) is 0 Å². The number of esters is 2. The monoisotopic (exact) mass is 343 g/mol. The van der Waals surface area contributed by atoms with Crippen molar-refractivity contribution < 1.29 is 23.5 Å². The molecule has 3 rings (SSSR count). The van der Waals surface area contributed by atoms with Crippen LogP contribution in [0.3, 0.4) is 0 Å². The van der Waals surface area contributed by atoms with Gasteiger partial charge in [-0.3, -0.25) is 4.79 Å². The van der Waals surface area contributed by atoms with Gasteiger partial charge in [-0.05, 0) is 29.8 Å². The van der Waals surface area contributed by atoms with Crippen molar-refractivity contribution in [3.05, 3.63) is 66.0 Å². The average Bonchev–Trinajstić information content (AvgIpc) is 3.03. The number of methoxy groups -OCH3 is 1. The van der Waals surface area contributed by atoms with Gasteiger partial charge in [-0.25, -0.2) is 9.18 Å². The topological polar surface area (TPSA) is 64.6 Å². The molecule has 130 valence electrons. The maximum Gasteiger partial charge on any atom is 0.352 e. The fourth-order valence-electron chi connectivity index (χ4n) is 3.06. The molecule has 2 aromatic rings. The highest BCUT2D eigenvalue weighted by Crippen LogP contribution is 2.41. The summed E-state index contributed by atoms with van der Waals surface area (Å²) < 4.78 is 23.7. The minimum absolute atomic E-state index is 0.114. The number of hydrogen-bond donors (Lipinski definition) is 1. The molecule has 2 atom stereocenters. The summed E-state index contributed by atoms with van der Waals surface area (Å²) in [5.74, 6) is -1.50. The van der Waals surface area contributed by atoms with Crippen LogP contribution in [0.4, 0.5) is 10.1 Å². The van der Waals surface area contributed by atoms with E-state index < -0.39 is 29.4 Å². The summed E-state index contributed by atoms with van der Waals surface area (Å²) in [7, 11) is 1.25. The Hall–Kier alpha value is -2.89. The van der Waals surface area contributed by atoms with Gasteiger partial charge in [0.15, 0.2) is 0 Å². The molecule has 2 aromatic carbocycles. The quantitative estimate of drug-likeness (QED) is 0.845. The fourth-order valence-corrected chi connectivity index (χ4v) is 3.06. The Balaban J connectivity index is 2.06. The third kappa shape index (κ3) is 3.33. The molecule has 25 heavy (non-hydrogen) atoms. The zero-order valence-corrected chi connectivity index (χ0v) is 13.7. The first-order chi connectivity index (χ1) is 12.0. The normalized spacial score (nSPS) is 20.6. The lowest BCUT2D eigenvalue weighted by atomic mass is 9.85. The van der Waals surface area contributed by atoms with Crippen molar-refractivity contribution in [1.82, 2.24) is 0 Å². The summed E-state index contributed by atoms with van der Waals surface area (Å²) in [6.07, 6.45) is 0.295. The van der Waals surface area contributed by atoms with Crippen molar-refractivity contribution in [2.45, 2.75) is 24.5 Å². The predicted octanol–water partition coefficient (Wildman–Crippen LogP) is 3.23. The van der Waals surface area contributed by atoms with E-state index in [9.17, 15) is 14.0 Å². The van der Waals surface area contributed by atoms with Crippen LogP contribution in [0.1, 0.15) is 24.4 Å². The summed E-state index contributed by atoms with van der Waals surface area (Å²) in [6, 6.07) is 14.2. The van der Waals surface area contributed by atoms with Gasteiger partial charge in [0.1, 0.15) is 11.9 Å². The van der Waals surface area contributed by atoms with Crippen LogP contribution in [0.25, 0.3) is 0 Å². The number of cyclic esters (lactones) is 1. The number of para-hydroxylation sites is 1. The third-order valence-corrected chi connectivity index (χ3v) is 4.28. The second kappa shape index (κ2) is 6.93. The molecule has 0 unspecified atom stereocenters. The first-order valence-electron chi connectivity index (χ1n) is 7.92. The number of carbonyl (C=O) groups is 2. The molecule has 0 amide bonds. The fraction of sp³-hybridized carbons (Fsp3) is 0.263. The molecule has 0 aliphatic carbocycles. The largest absolute Gasteiger partial charge is 0.466 e. The average molecular weight is 343 g/mol. The second-order valence-electron chi connectivity index (χ2n) is 5.85. The molecule has 1 fully saturated rings. The molecule has 1 aliphatic rings. The molecule has 1 saturated heterocycles. The minimum Gasteiger partial charge on any atom is -0.466 e. The Morgan fingerprint density at radius 1 is 1.20 bits per heavy atom. The van der Waals surface area contributed by atoms with Crippen LogP contribution in [-0.2, 0) is 19.1 Å². The lowest BCUT2D eigenvalue weighted by Gasteiger charge is -2.34. The molecule has 0 spiro atoms. The van der Waals surface area contributed by atoms with E-state index in [0.717, 1.165) is 5.69 Å². The highest BCUT2D eigenvalue weighted by Gasteiger charge is 2.55. The highest BCUT2D eigenvalue weighted by molar-refractivity contribution is 5.88. The van der Waals surface area contributed by atoms with E-state index >= 15 is 0 Å². The third-order valence-electron chi connectivity index (χ3n) is 4.28. The van der Waals surface area contributed by atoms with E-state index in [1.807, 2.05) is 30.3 Å². The second-order valence-corrected chi connectivity index (χ2v) is 5.85. The highest BCUT2D eigenvalue weighted by atomic mass is 19.1. The van der Waals surface area contributed by atoms with Gasteiger partial charge in [0.2, 0.25) is 5.60 Å². The van der Waals surface area contributed by atoms with Crippen molar-refractivity contribution in [2.75, 3.05) is 12.4 Å². The lowest BCUT2D eigenvalue weighted by Crippen LogP contribution is -2.48. The van der Waals surface area contributed by atoms with E-state index in [1.54, 1.807) is 12.1 Å². The van der Waals surface area contributed by atoms with Gasteiger partial charge in [0, 0.05) is 12.1 Å². The minimum atomic E-state index is -1.50. The summed E-state index contributed by atoms with van der Waals surface area (Å²) in [4.78, 5) is 24.3. The smallest absolute Gasteiger partial charge is 0.352 e. The molecule has 1 N–H and O–H groups in total. The van der Waals surface area contributed by atoms with E-state index in [2.05, 4.69) is 5.32 Å². The number of anilines is 1. The van der Waals surface area contributed by atoms with E-state index in [-0.39, 0.29) is 12.8 Å². The SMILES string of the molecule is COC(=O)[C@@]1([C@@H](Nc2ccccc2)c2ccc(F)cc2)CCC(=O)O1. The summed E-state index contributed by atoms with van der Waals surface area (Å²) in [5.41, 5.74) is -0.145. The zero-order chi connectivity index (χ0) is 17.9. The van der Waals surface area contributed by atoms with Crippen LogP contribution in [-0.4, -0.2) is 24.6 Å². The van der Waals surface area contributed by atoms with Crippen LogP contribution in [0.2, 0.25) is 0 Å². The van der Waals surface area contributed by atoms with Gasteiger partial charge >= 0.3 is 11.9 Å². The van der Waals surface area contributed by atoms with Gasteiger partial charge in [-0.2, -0.15) is 0 Å². The van der Waals surface area contributed by atoms with Crippen LogP contribution >= 0.6 is 0 Å². The van der Waals surface area contributed by atoms with Crippen molar-refractivity contribution in [1.29, 1.82) is 0 Å². The number of hydrogen-bond acceptors (Lipinski definition) is 5. The zero-order valence-electron chi connectivity index (χ0n) is 13.7. The van der Waals surface area contributed by atoms with Gasteiger partial charge in [-0.1, -0.05) is 30.3 Å². The Kier molecular flexibility index (Phi) is 4.70. The summed E-state index contributed by atoms with van der Waals surface area (Å²) >= 11 is 0. The van der Waals surface area contributed by atoms with E-state index in [0.29, 0.717) is 5.56 Å². The number of carbonyl (C=O) groups excluding carboxylic acids is 2. The van der Waals surface area contributed by atoms with Gasteiger partial charge in [0.05, 0.1) is 13.5 Å². The Morgan fingerprint density at radius 3 is 2.44 bits per heavy atom. The molecule has 1 heterocycles. The Labute approximate surface area is 144 Å². The van der Waals surface area contributed by atoms with Gasteiger partial charge in [-0.15, -0.1) is 0 Å². The number of ether oxygens (including phenoxy) is 2. The maximum absolute atomic E-state index is 13.3. The molecule has 6 heteroatoms. The number of rotatable bonds is 5.